The average Bonchev–Trinajstić information content (AvgIpc) is 3.30. The number of methoxy groups -OCH3 is 2. The Hall–Kier alpha value is -1.26. The van der Waals surface area contributed by atoms with Crippen LogP contribution in [0, 0.1) is 5.92 Å². The molecule has 8 heteroatoms. The topological polar surface area (TPSA) is 67.4 Å². The predicted molar refractivity (Wildman–Crippen MR) is 141 cm³/mol. The number of guanidine groups is 1. The van der Waals surface area contributed by atoms with E-state index in [1.165, 1.54) is 18.5 Å². The fraction of sp³-hybridized carbons (Fsp3) is 0.708. The Labute approximate surface area is 210 Å². The summed E-state index contributed by atoms with van der Waals surface area (Å²) < 4.78 is 16.4. The predicted octanol–water partition coefficient (Wildman–Crippen LogP) is 3.27. The fourth-order valence-electron chi connectivity index (χ4n) is 4.40. The highest BCUT2D eigenvalue weighted by molar-refractivity contribution is 14.0. The smallest absolute Gasteiger partial charge is 0.191 e. The molecular weight excluding hydrogens is 519 g/mol. The Morgan fingerprint density at radius 3 is 2.47 bits per heavy atom. The molecule has 7 nitrogen and oxygen atoms in total. The van der Waals surface area contributed by atoms with Crippen molar-refractivity contribution >= 4 is 29.9 Å². The van der Waals surface area contributed by atoms with Gasteiger partial charge in [-0.3, -0.25) is 4.99 Å². The molecule has 0 aromatic heterocycles. The molecule has 182 valence electrons. The number of aliphatic imine (C=N–C) groups is 1. The van der Waals surface area contributed by atoms with Gasteiger partial charge in [-0.05, 0) is 42.9 Å². The number of nitrogens with zero attached hydrogens (tertiary/aromatic N) is 2. The van der Waals surface area contributed by atoms with E-state index in [-0.39, 0.29) is 29.4 Å². The van der Waals surface area contributed by atoms with E-state index in [4.69, 9.17) is 14.2 Å². The number of hydrogen-bond acceptors (Lipinski definition) is 5. The summed E-state index contributed by atoms with van der Waals surface area (Å²) in [6, 6.07) is 6.59. The van der Waals surface area contributed by atoms with Crippen LogP contribution in [0.3, 0.4) is 0 Å². The van der Waals surface area contributed by atoms with Crippen molar-refractivity contribution in [3.63, 3.8) is 0 Å². The number of rotatable bonds is 8. The van der Waals surface area contributed by atoms with Crippen LogP contribution in [0.4, 0.5) is 0 Å². The molecule has 0 radical (unpaired) electrons. The number of nitrogens with one attached hydrogen (secondary N) is 2. The van der Waals surface area contributed by atoms with Gasteiger partial charge >= 0.3 is 0 Å². The van der Waals surface area contributed by atoms with E-state index < -0.39 is 0 Å². The highest BCUT2D eigenvalue weighted by atomic mass is 127. The summed E-state index contributed by atoms with van der Waals surface area (Å²) >= 11 is 0. The molecule has 0 amide bonds. The van der Waals surface area contributed by atoms with Gasteiger partial charge in [-0.2, -0.15) is 0 Å². The van der Waals surface area contributed by atoms with Crippen LogP contribution >= 0.6 is 24.0 Å². The minimum absolute atomic E-state index is 0. The second-order valence-electron chi connectivity index (χ2n) is 9.33. The van der Waals surface area contributed by atoms with Gasteiger partial charge in [0, 0.05) is 51.3 Å². The van der Waals surface area contributed by atoms with Gasteiger partial charge in [0.05, 0.1) is 20.8 Å². The number of ether oxygens (including phenoxy) is 3. The molecule has 2 fully saturated rings. The van der Waals surface area contributed by atoms with Gasteiger partial charge in [0.15, 0.2) is 17.5 Å². The Morgan fingerprint density at radius 2 is 1.88 bits per heavy atom. The summed E-state index contributed by atoms with van der Waals surface area (Å²) in [6.45, 7) is 10.5. The van der Waals surface area contributed by atoms with Gasteiger partial charge in [0.25, 0.3) is 0 Å². The molecule has 1 unspecified atom stereocenters. The van der Waals surface area contributed by atoms with Crippen molar-refractivity contribution in [2.75, 3.05) is 60.7 Å². The van der Waals surface area contributed by atoms with Crippen molar-refractivity contribution in [2.24, 2.45) is 10.9 Å². The Kier molecular flexibility index (Phi) is 10.8. The Bertz CT molecular complexity index is 730. The largest absolute Gasteiger partial charge is 0.493 e. The summed E-state index contributed by atoms with van der Waals surface area (Å²) in [7, 11) is 5.17. The van der Waals surface area contributed by atoms with Gasteiger partial charge in [0.2, 0.25) is 0 Å². The van der Waals surface area contributed by atoms with Crippen molar-refractivity contribution in [3.05, 3.63) is 23.8 Å². The van der Waals surface area contributed by atoms with Crippen LogP contribution in [-0.4, -0.2) is 77.6 Å². The van der Waals surface area contributed by atoms with Gasteiger partial charge in [-0.1, -0.05) is 19.9 Å². The van der Waals surface area contributed by atoms with Crippen molar-refractivity contribution in [1.29, 1.82) is 0 Å². The third-order valence-electron chi connectivity index (χ3n) is 6.56. The van der Waals surface area contributed by atoms with Gasteiger partial charge in [-0.15, -0.1) is 24.0 Å². The van der Waals surface area contributed by atoms with Gasteiger partial charge < -0.3 is 29.7 Å². The summed E-state index contributed by atoms with van der Waals surface area (Å²) in [4.78, 5) is 7.05. The lowest BCUT2D eigenvalue weighted by molar-refractivity contribution is 0.150. The first-order chi connectivity index (χ1) is 14.9. The van der Waals surface area contributed by atoms with Crippen LogP contribution in [-0.2, 0) is 10.2 Å². The number of hydrogen-bond donors (Lipinski definition) is 2. The molecule has 2 aliphatic rings. The minimum atomic E-state index is -0.0934. The SMILES string of the molecule is CN=C(NCC(C)(C)c1ccc(OC)c(OC)c1)NC1CCN(CC2CCOC2)CC1.I. The lowest BCUT2D eigenvalue weighted by Crippen LogP contribution is -2.51. The molecule has 32 heavy (non-hydrogen) atoms. The second-order valence-corrected chi connectivity index (χ2v) is 9.33. The first kappa shape index (κ1) is 27.0. The monoisotopic (exact) mass is 560 g/mol. The molecule has 2 saturated heterocycles. The van der Waals surface area contributed by atoms with Gasteiger partial charge in [0.1, 0.15) is 0 Å². The highest BCUT2D eigenvalue weighted by Gasteiger charge is 2.26. The lowest BCUT2D eigenvalue weighted by atomic mass is 9.84. The van der Waals surface area contributed by atoms with Crippen LogP contribution in [0.5, 0.6) is 11.5 Å². The van der Waals surface area contributed by atoms with Crippen molar-refractivity contribution in [1.82, 2.24) is 15.5 Å². The maximum atomic E-state index is 5.52. The standard InChI is InChI=1S/C24H40N4O3.HI/c1-24(2,19-6-7-21(29-4)22(14-19)30-5)17-26-23(25-3)27-20-8-11-28(12-9-20)15-18-10-13-31-16-18;/h6-7,14,18,20H,8-13,15-17H2,1-5H3,(H2,25,26,27);1H. The summed E-state index contributed by atoms with van der Waals surface area (Å²) in [5.74, 6) is 3.10. The zero-order valence-corrected chi connectivity index (χ0v) is 22.6. The molecule has 3 rings (SSSR count). The lowest BCUT2D eigenvalue weighted by Gasteiger charge is -2.34. The molecule has 0 spiro atoms. The number of halogens is 1. The van der Waals surface area contributed by atoms with Crippen LogP contribution in [0.25, 0.3) is 0 Å². The number of piperidine rings is 1. The fourth-order valence-corrected chi connectivity index (χ4v) is 4.40. The minimum Gasteiger partial charge on any atom is -0.493 e. The molecule has 2 heterocycles. The molecule has 1 atom stereocenters. The van der Waals surface area contributed by atoms with Crippen molar-refractivity contribution < 1.29 is 14.2 Å². The zero-order chi connectivity index (χ0) is 22.3. The van der Waals surface area contributed by atoms with E-state index in [1.807, 2.05) is 13.1 Å². The third-order valence-corrected chi connectivity index (χ3v) is 6.56. The van der Waals surface area contributed by atoms with E-state index >= 15 is 0 Å². The van der Waals surface area contributed by atoms with E-state index in [1.54, 1.807) is 14.2 Å². The maximum Gasteiger partial charge on any atom is 0.191 e. The maximum absolute atomic E-state index is 5.52. The average molecular weight is 561 g/mol. The normalized spacial score (nSPS) is 20.5. The molecule has 2 aliphatic heterocycles. The third kappa shape index (κ3) is 7.38. The molecule has 1 aromatic carbocycles. The van der Waals surface area contributed by atoms with Crippen molar-refractivity contribution in [3.8, 4) is 11.5 Å². The molecule has 0 bridgehead atoms. The Balaban J connectivity index is 0.00000363. The summed E-state index contributed by atoms with van der Waals surface area (Å²) in [5, 5.41) is 7.16. The molecular formula is C24H41IN4O3. The van der Waals surface area contributed by atoms with Crippen molar-refractivity contribution in [2.45, 2.75) is 44.6 Å². The first-order valence-corrected chi connectivity index (χ1v) is 11.4. The number of likely N-dealkylation sites (tertiary alicyclic amines) is 1. The number of benzene rings is 1. The van der Waals surface area contributed by atoms with E-state index in [0.29, 0.717) is 6.04 Å². The van der Waals surface area contributed by atoms with E-state index in [0.717, 1.165) is 69.1 Å². The van der Waals surface area contributed by atoms with Crippen LogP contribution in [0.2, 0.25) is 0 Å². The molecule has 1 aromatic rings. The zero-order valence-electron chi connectivity index (χ0n) is 20.3. The molecule has 0 saturated carbocycles. The second kappa shape index (κ2) is 12.8. The van der Waals surface area contributed by atoms with E-state index in [2.05, 4.69) is 46.5 Å². The van der Waals surface area contributed by atoms with Crippen LogP contribution < -0.4 is 20.1 Å². The first-order valence-electron chi connectivity index (χ1n) is 11.4. The highest BCUT2D eigenvalue weighted by Crippen LogP contribution is 2.32. The molecule has 0 aliphatic carbocycles. The van der Waals surface area contributed by atoms with E-state index in [9.17, 15) is 0 Å². The quantitative estimate of drug-likeness (QED) is 0.289. The van der Waals surface area contributed by atoms with Gasteiger partial charge in [-0.25, -0.2) is 0 Å². The van der Waals surface area contributed by atoms with Crippen LogP contribution in [0.1, 0.15) is 38.7 Å². The summed E-state index contributed by atoms with van der Waals surface area (Å²) in [6.07, 6.45) is 3.51. The Morgan fingerprint density at radius 1 is 1.16 bits per heavy atom. The van der Waals surface area contributed by atoms with Crippen LogP contribution in [0.15, 0.2) is 23.2 Å². The molecule has 2 N–H and O–H groups in total. The summed E-state index contributed by atoms with van der Waals surface area (Å²) in [5.41, 5.74) is 1.10.